The monoisotopic (exact) mass is 333 g/mol. The van der Waals surface area contributed by atoms with Gasteiger partial charge in [-0.15, -0.1) is 23.1 Å². The number of amides is 1. The van der Waals surface area contributed by atoms with Crippen LogP contribution in [0.25, 0.3) is 0 Å². The topological polar surface area (TPSA) is 45.2 Å². The van der Waals surface area contributed by atoms with Gasteiger partial charge in [-0.25, -0.2) is 4.98 Å². The van der Waals surface area contributed by atoms with E-state index >= 15 is 0 Å². The van der Waals surface area contributed by atoms with Crippen molar-refractivity contribution in [2.45, 2.75) is 23.8 Å². The molecular formula is C16H19N3OS2. The SMILES string of the molecule is CSc1ccccc1C(=O)NC1CCN(c2nccs2)CC1. The highest BCUT2D eigenvalue weighted by Gasteiger charge is 2.23. The van der Waals surface area contributed by atoms with Crippen LogP contribution in [0.15, 0.2) is 40.7 Å². The van der Waals surface area contributed by atoms with Crippen LogP contribution in [0.4, 0.5) is 5.13 Å². The Hall–Kier alpha value is -1.53. The van der Waals surface area contributed by atoms with Crippen LogP contribution < -0.4 is 10.2 Å². The minimum absolute atomic E-state index is 0.0395. The van der Waals surface area contributed by atoms with Crippen LogP contribution in [0.1, 0.15) is 23.2 Å². The summed E-state index contributed by atoms with van der Waals surface area (Å²) in [7, 11) is 0. The molecule has 2 heterocycles. The van der Waals surface area contributed by atoms with Crippen LogP contribution in [-0.2, 0) is 0 Å². The number of thioether (sulfide) groups is 1. The number of aromatic nitrogens is 1. The fourth-order valence-electron chi connectivity index (χ4n) is 2.68. The van der Waals surface area contributed by atoms with E-state index in [0.29, 0.717) is 0 Å². The van der Waals surface area contributed by atoms with E-state index in [0.717, 1.165) is 41.5 Å². The number of carbonyl (C=O) groups is 1. The molecule has 1 amide bonds. The van der Waals surface area contributed by atoms with Crippen molar-refractivity contribution in [3.8, 4) is 0 Å². The Bertz CT molecular complexity index is 622. The van der Waals surface area contributed by atoms with Crippen molar-refractivity contribution in [2.75, 3.05) is 24.2 Å². The van der Waals surface area contributed by atoms with Gasteiger partial charge in [0.15, 0.2) is 5.13 Å². The van der Waals surface area contributed by atoms with E-state index in [1.54, 1.807) is 23.1 Å². The van der Waals surface area contributed by atoms with Gasteiger partial charge in [-0.05, 0) is 31.2 Å². The Morgan fingerprint density at radius 1 is 1.36 bits per heavy atom. The van der Waals surface area contributed by atoms with E-state index in [4.69, 9.17) is 0 Å². The number of rotatable bonds is 4. The molecule has 1 saturated heterocycles. The van der Waals surface area contributed by atoms with Crippen LogP contribution in [0.5, 0.6) is 0 Å². The average Bonchev–Trinajstić information content (AvgIpc) is 3.10. The molecule has 1 aromatic carbocycles. The average molecular weight is 333 g/mol. The molecule has 22 heavy (non-hydrogen) atoms. The number of anilines is 1. The number of hydrogen-bond donors (Lipinski definition) is 1. The Morgan fingerprint density at radius 3 is 2.82 bits per heavy atom. The third-order valence-corrected chi connectivity index (χ3v) is 5.50. The standard InChI is InChI=1S/C16H19N3OS2/c1-21-14-5-3-2-4-13(14)15(20)18-12-6-9-19(10-7-12)16-17-8-11-22-16/h2-5,8,11-12H,6-7,9-10H2,1H3,(H,18,20). The van der Waals surface area contributed by atoms with Gasteiger partial charge in [0.2, 0.25) is 0 Å². The van der Waals surface area contributed by atoms with E-state index in [1.165, 1.54) is 0 Å². The van der Waals surface area contributed by atoms with E-state index in [1.807, 2.05) is 42.1 Å². The molecule has 0 spiro atoms. The van der Waals surface area contributed by atoms with Gasteiger partial charge in [0.25, 0.3) is 5.91 Å². The molecule has 3 rings (SSSR count). The highest BCUT2D eigenvalue weighted by atomic mass is 32.2. The lowest BCUT2D eigenvalue weighted by Gasteiger charge is -2.32. The number of nitrogens with zero attached hydrogens (tertiary/aromatic N) is 2. The molecule has 1 aliphatic heterocycles. The zero-order valence-electron chi connectivity index (χ0n) is 12.5. The summed E-state index contributed by atoms with van der Waals surface area (Å²) in [4.78, 5) is 20.1. The molecule has 0 saturated carbocycles. The van der Waals surface area contributed by atoms with Gasteiger partial charge in [-0.1, -0.05) is 12.1 Å². The molecule has 116 valence electrons. The van der Waals surface area contributed by atoms with Crippen molar-refractivity contribution in [1.82, 2.24) is 10.3 Å². The quantitative estimate of drug-likeness (QED) is 0.872. The molecular weight excluding hydrogens is 314 g/mol. The highest BCUT2D eigenvalue weighted by Crippen LogP contribution is 2.23. The van der Waals surface area contributed by atoms with Crippen LogP contribution in [0.3, 0.4) is 0 Å². The van der Waals surface area contributed by atoms with E-state index in [9.17, 15) is 4.79 Å². The Morgan fingerprint density at radius 2 is 2.14 bits per heavy atom. The zero-order valence-corrected chi connectivity index (χ0v) is 14.1. The molecule has 1 aliphatic rings. The Balaban J connectivity index is 1.57. The maximum Gasteiger partial charge on any atom is 0.252 e. The predicted molar refractivity (Wildman–Crippen MR) is 93.0 cm³/mol. The lowest BCUT2D eigenvalue weighted by atomic mass is 10.0. The highest BCUT2D eigenvalue weighted by molar-refractivity contribution is 7.98. The first-order valence-corrected chi connectivity index (χ1v) is 9.46. The van der Waals surface area contributed by atoms with E-state index < -0.39 is 0 Å². The zero-order chi connectivity index (χ0) is 15.4. The van der Waals surface area contributed by atoms with Gasteiger partial charge in [0.05, 0.1) is 5.56 Å². The molecule has 1 aromatic heterocycles. The van der Waals surface area contributed by atoms with Crippen LogP contribution in [-0.4, -0.2) is 36.3 Å². The fourth-order valence-corrected chi connectivity index (χ4v) is 3.97. The summed E-state index contributed by atoms with van der Waals surface area (Å²) in [6.07, 6.45) is 5.77. The predicted octanol–water partition coefficient (Wildman–Crippen LogP) is 3.26. The van der Waals surface area contributed by atoms with Crippen LogP contribution in [0, 0.1) is 0 Å². The first kappa shape index (κ1) is 15.4. The fraction of sp³-hybridized carbons (Fsp3) is 0.375. The van der Waals surface area contributed by atoms with Gasteiger partial charge >= 0.3 is 0 Å². The molecule has 4 nitrogen and oxygen atoms in total. The molecule has 0 atom stereocenters. The first-order chi connectivity index (χ1) is 10.8. The van der Waals surface area contributed by atoms with Crippen molar-refractivity contribution in [1.29, 1.82) is 0 Å². The number of hydrogen-bond acceptors (Lipinski definition) is 5. The summed E-state index contributed by atoms with van der Waals surface area (Å²) in [5.74, 6) is 0.0395. The number of carbonyl (C=O) groups excluding carboxylic acids is 1. The minimum Gasteiger partial charge on any atom is -0.349 e. The molecule has 0 radical (unpaired) electrons. The van der Waals surface area contributed by atoms with E-state index in [-0.39, 0.29) is 11.9 Å². The summed E-state index contributed by atoms with van der Waals surface area (Å²) in [5, 5.41) is 6.26. The van der Waals surface area contributed by atoms with Crippen molar-refractivity contribution < 1.29 is 4.79 Å². The van der Waals surface area contributed by atoms with Crippen LogP contribution >= 0.6 is 23.1 Å². The largest absolute Gasteiger partial charge is 0.349 e. The summed E-state index contributed by atoms with van der Waals surface area (Å²) < 4.78 is 0. The smallest absolute Gasteiger partial charge is 0.252 e. The van der Waals surface area contributed by atoms with Gasteiger partial charge in [-0.2, -0.15) is 0 Å². The second-order valence-corrected chi connectivity index (χ2v) is 6.97. The summed E-state index contributed by atoms with van der Waals surface area (Å²) >= 11 is 3.28. The maximum absolute atomic E-state index is 12.5. The molecule has 6 heteroatoms. The van der Waals surface area contributed by atoms with Gasteiger partial charge in [-0.3, -0.25) is 4.79 Å². The van der Waals surface area contributed by atoms with Crippen molar-refractivity contribution in [3.05, 3.63) is 41.4 Å². The number of benzene rings is 1. The van der Waals surface area contributed by atoms with Crippen molar-refractivity contribution >= 4 is 34.1 Å². The normalized spacial score (nSPS) is 15.8. The summed E-state index contributed by atoms with van der Waals surface area (Å²) in [6, 6.07) is 8.02. The Labute approximate surface area is 138 Å². The Kier molecular flexibility index (Phi) is 5.00. The summed E-state index contributed by atoms with van der Waals surface area (Å²) in [6.45, 7) is 1.89. The van der Waals surface area contributed by atoms with Crippen molar-refractivity contribution in [2.24, 2.45) is 0 Å². The van der Waals surface area contributed by atoms with Crippen LogP contribution in [0.2, 0.25) is 0 Å². The van der Waals surface area contributed by atoms with E-state index in [2.05, 4.69) is 15.2 Å². The van der Waals surface area contributed by atoms with Crippen molar-refractivity contribution in [3.63, 3.8) is 0 Å². The molecule has 0 unspecified atom stereocenters. The van der Waals surface area contributed by atoms with Gasteiger partial charge in [0.1, 0.15) is 0 Å². The lowest BCUT2D eigenvalue weighted by Crippen LogP contribution is -2.44. The molecule has 0 aliphatic carbocycles. The van der Waals surface area contributed by atoms with Gasteiger partial charge < -0.3 is 10.2 Å². The number of piperidine rings is 1. The second-order valence-electron chi connectivity index (χ2n) is 5.25. The third kappa shape index (κ3) is 3.44. The first-order valence-electron chi connectivity index (χ1n) is 7.36. The lowest BCUT2D eigenvalue weighted by molar-refractivity contribution is 0.0928. The maximum atomic E-state index is 12.5. The molecule has 1 fully saturated rings. The molecule has 1 N–H and O–H groups in total. The molecule has 0 bridgehead atoms. The third-order valence-electron chi connectivity index (χ3n) is 3.87. The molecule has 2 aromatic rings. The summed E-state index contributed by atoms with van der Waals surface area (Å²) in [5.41, 5.74) is 0.775. The van der Waals surface area contributed by atoms with Gasteiger partial charge in [0, 0.05) is 35.6 Å². The number of nitrogens with one attached hydrogen (secondary N) is 1. The second kappa shape index (κ2) is 7.15. The minimum atomic E-state index is 0.0395. The number of thiazole rings is 1.